The summed E-state index contributed by atoms with van der Waals surface area (Å²) in [5.74, 6) is -0.842. The molecular formula is C19H22N2O3. The number of piperidine rings is 1. The second-order valence-corrected chi connectivity index (χ2v) is 6.20. The van der Waals surface area contributed by atoms with E-state index in [0.29, 0.717) is 0 Å². The van der Waals surface area contributed by atoms with Gasteiger partial charge in [0.15, 0.2) is 0 Å². The Balaban J connectivity index is 1.62. The Hall–Kier alpha value is -2.53. The van der Waals surface area contributed by atoms with Crippen LogP contribution in [-0.4, -0.2) is 40.2 Å². The van der Waals surface area contributed by atoms with E-state index in [4.69, 9.17) is 0 Å². The number of phenols is 2. The molecule has 0 radical (unpaired) electrons. The zero-order chi connectivity index (χ0) is 16.9. The topological polar surface area (TPSA) is 72.8 Å². The van der Waals surface area contributed by atoms with Gasteiger partial charge in [-0.1, -0.05) is 36.4 Å². The van der Waals surface area contributed by atoms with E-state index in [0.717, 1.165) is 32.5 Å². The van der Waals surface area contributed by atoms with Gasteiger partial charge < -0.3 is 15.5 Å². The van der Waals surface area contributed by atoms with E-state index in [1.165, 1.54) is 23.8 Å². The average Bonchev–Trinajstić information content (AvgIpc) is 2.56. The fraction of sp³-hybridized carbons (Fsp3) is 0.316. The molecule has 2 aromatic rings. The number of likely N-dealkylation sites (tertiary alicyclic amines) is 1. The van der Waals surface area contributed by atoms with Gasteiger partial charge in [0.1, 0.15) is 17.1 Å². The zero-order valence-electron chi connectivity index (χ0n) is 13.5. The first kappa shape index (κ1) is 16.3. The Labute approximate surface area is 141 Å². The van der Waals surface area contributed by atoms with Gasteiger partial charge in [0.05, 0.1) is 0 Å². The van der Waals surface area contributed by atoms with Gasteiger partial charge in [-0.05, 0) is 37.1 Å². The van der Waals surface area contributed by atoms with Crippen LogP contribution in [0, 0.1) is 0 Å². The number of amides is 1. The maximum Gasteiger partial charge on any atom is 0.259 e. The van der Waals surface area contributed by atoms with Gasteiger partial charge in [-0.3, -0.25) is 9.69 Å². The smallest absolute Gasteiger partial charge is 0.259 e. The van der Waals surface area contributed by atoms with Crippen molar-refractivity contribution in [3.63, 3.8) is 0 Å². The second kappa shape index (κ2) is 7.36. The normalized spacial score (nSPS) is 18.2. The quantitative estimate of drug-likeness (QED) is 0.807. The van der Waals surface area contributed by atoms with Crippen molar-refractivity contribution >= 4 is 5.91 Å². The number of nitrogens with zero attached hydrogens (tertiary/aromatic N) is 1. The summed E-state index contributed by atoms with van der Waals surface area (Å²) in [6, 6.07) is 14.6. The Morgan fingerprint density at radius 3 is 2.50 bits per heavy atom. The molecule has 0 bridgehead atoms. The Bertz CT molecular complexity index is 683. The lowest BCUT2D eigenvalue weighted by Gasteiger charge is -2.33. The maximum atomic E-state index is 12.4. The van der Waals surface area contributed by atoms with Crippen LogP contribution in [0.4, 0.5) is 0 Å². The van der Waals surface area contributed by atoms with Crippen molar-refractivity contribution in [3.8, 4) is 11.5 Å². The molecule has 1 amide bonds. The monoisotopic (exact) mass is 326 g/mol. The lowest BCUT2D eigenvalue weighted by molar-refractivity contribution is 0.0895. The first-order chi connectivity index (χ1) is 11.6. The third-order valence-corrected chi connectivity index (χ3v) is 4.34. The fourth-order valence-corrected chi connectivity index (χ4v) is 3.18. The predicted octanol–water partition coefficient (Wildman–Crippen LogP) is 2.49. The van der Waals surface area contributed by atoms with Crippen LogP contribution in [-0.2, 0) is 6.54 Å². The van der Waals surface area contributed by atoms with Crippen LogP contribution in [0.1, 0.15) is 28.8 Å². The summed E-state index contributed by atoms with van der Waals surface area (Å²) in [5, 5.41) is 22.5. The van der Waals surface area contributed by atoms with E-state index < -0.39 is 5.91 Å². The summed E-state index contributed by atoms with van der Waals surface area (Å²) >= 11 is 0. The van der Waals surface area contributed by atoms with Crippen molar-refractivity contribution < 1.29 is 15.0 Å². The molecule has 1 aliphatic rings. The minimum atomic E-state index is -0.433. The van der Waals surface area contributed by atoms with E-state index in [2.05, 4.69) is 22.3 Å². The summed E-state index contributed by atoms with van der Waals surface area (Å²) in [7, 11) is 0. The molecule has 1 heterocycles. The third-order valence-electron chi connectivity index (χ3n) is 4.34. The highest BCUT2D eigenvalue weighted by atomic mass is 16.3. The molecule has 1 unspecified atom stereocenters. The fourth-order valence-electron chi connectivity index (χ4n) is 3.18. The summed E-state index contributed by atoms with van der Waals surface area (Å²) in [4.78, 5) is 14.7. The van der Waals surface area contributed by atoms with Crippen molar-refractivity contribution in [1.29, 1.82) is 0 Å². The molecule has 1 aliphatic heterocycles. The molecule has 3 N–H and O–H groups in total. The highest BCUT2D eigenvalue weighted by Crippen LogP contribution is 2.26. The summed E-state index contributed by atoms with van der Waals surface area (Å²) < 4.78 is 0. The number of nitrogens with one attached hydrogen (secondary N) is 1. The van der Waals surface area contributed by atoms with E-state index in [1.54, 1.807) is 0 Å². The second-order valence-electron chi connectivity index (χ2n) is 6.20. The minimum absolute atomic E-state index is 0.00830. The van der Waals surface area contributed by atoms with Crippen LogP contribution in [0.15, 0.2) is 48.5 Å². The Morgan fingerprint density at radius 1 is 1.08 bits per heavy atom. The lowest BCUT2D eigenvalue weighted by Crippen LogP contribution is -2.47. The molecule has 1 atom stereocenters. The number of hydrogen-bond acceptors (Lipinski definition) is 4. The highest BCUT2D eigenvalue weighted by molar-refractivity contribution is 5.99. The average molecular weight is 326 g/mol. The molecule has 1 fully saturated rings. The van der Waals surface area contributed by atoms with E-state index in [1.807, 2.05) is 18.2 Å². The molecule has 0 aromatic heterocycles. The van der Waals surface area contributed by atoms with Gasteiger partial charge in [0.2, 0.25) is 0 Å². The van der Waals surface area contributed by atoms with Crippen LogP contribution in [0.25, 0.3) is 0 Å². The maximum absolute atomic E-state index is 12.4. The Kier molecular flexibility index (Phi) is 5.01. The van der Waals surface area contributed by atoms with Crippen LogP contribution in [0.5, 0.6) is 11.5 Å². The van der Waals surface area contributed by atoms with Crippen molar-refractivity contribution in [3.05, 3.63) is 59.7 Å². The number of benzene rings is 2. The summed E-state index contributed by atoms with van der Waals surface area (Å²) in [5.41, 5.74) is 1.19. The zero-order valence-corrected chi connectivity index (χ0v) is 13.5. The number of aromatic hydroxyl groups is 2. The van der Waals surface area contributed by atoms with E-state index in [-0.39, 0.29) is 23.1 Å². The number of phenolic OH excluding ortho intramolecular Hbond substituents is 2. The molecule has 126 valence electrons. The SMILES string of the molecule is O=C(NC1CCCN(Cc2ccccc2)C1)c1c(O)cccc1O. The Morgan fingerprint density at radius 2 is 1.79 bits per heavy atom. The van der Waals surface area contributed by atoms with Crippen LogP contribution in [0.3, 0.4) is 0 Å². The number of rotatable bonds is 4. The van der Waals surface area contributed by atoms with Crippen molar-refractivity contribution in [2.24, 2.45) is 0 Å². The standard InChI is InChI=1S/C19H22N2O3/c22-16-9-4-10-17(23)18(16)19(24)20-15-8-5-11-21(13-15)12-14-6-2-1-3-7-14/h1-4,6-7,9-10,15,22-23H,5,8,11-13H2,(H,20,24). The lowest BCUT2D eigenvalue weighted by atomic mass is 10.0. The highest BCUT2D eigenvalue weighted by Gasteiger charge is 2.24. The van der Waals surface area contributed by atoms with Crippen molar-refractivity contribution in [2.45, 2.75) is 25.4 Å². The van der Waals surface area contributed by atoms with Crippen molar-refractivity contribution in [2.75, 3.05) is 13.1 Å². The van der Waals surface area contributed by atoms with Gasteiger partial charge in [0.25, 0.3) is 5.91 Å². The van der Waals surface area contributed by atoms with Crippen LogP contribution >= 0.6 is 0 Å². The molecular weight excluding hydrogens is 304 g/mol. The molecule has 5 heteroatoms. The van der Waals surface area contributed by atoms with Crippen LogP contribution < -0.4 is 5.32 Å². The van der Waals surface area contributed by atoms with Gasteiger partial charge in [-0.25, -0.2) is 0 Å². The molecule has 2 aromatic carbocycles. The molecule has 0 spiro atoms. The molecule has 0 aliphatic carbocycles. The largest absolute Gasteiger partial charge is 0.507 e. The molecule has 3 rings (SSSR count). The predicted molar refractivity (Wildman–Crippen MR) is 92.0 cm³/mol. The first-order valence-corrected chi connectivity index (χ1v) is 8.21. The van der Waals surface area contributed by atoms with Gasteiger partial charge in [-0.15, -0.1) is 0 Å². The van der Waals surface area contributed by atoms with E-state index >= 15 is 0 Å². The van der Waals surface area contributed by atoms with Gasteiger partial charge >= 0.3 is 0 Å². The molecule has 0 saturated carbocycles. The molecule has 5 nitrogen and oxygen atoms in total. The summed E-state index contributed by atoms with van der Waals surface area (Å²) in [6.45, 7) is 2.62. The van der Waals surface area contributed by atoms with Crippen LogP contribution in [0.2, 0.25) is 0 Å². The van der Waals surface area contributed by atoms with E-state index in [9.17, 15) is 15.0 Å². The number of carbonyl (C=O) groups excluding carboxylic acids is 1. The van der Waals surface area contributed by atoms with Crippen molar-refractivity contribution in [1.82, 2.24) is 10.2 Å². The molecule has 24 heavy (non-hydrogen) atoms. The number of carbonyl (C=O) groups is 1. The first-order valence-electron chi connectivity index (χ1n) is 8.21. The minimum Gasteiger partial charge on any atom is -0.507 e. The third kappa shape index (κ3) is 3.86. The molecule has 1 saturated heterocycles. The van der Waals surface area contributed by atoms with Gasteiger partial charge in [0, 0.05) is 19.1 Å². The number of hydrogen-bond donors (Lipinski definition) is 3. The van der Waals surface area contributed by atoms with Gasteiger partial charge in [-0.2, -0.15) is 0 Å². The summed E-state index contributed by atoms with van der Waals surface area (Å²) in [6.07, 6.45) is 1.90.